The molecular weight excluding hydrogens is 240 g/mol. The molecule has 0 spiro atoms. The lowest BCUT2D eigenvalue weighted by Crippen LogP contribution is -2.37. The molecule has 1 saturated heterocycles. The third-order valence-corrected chi connectivity index (χ3v) is 3.95. The van der Waals surface area contributed by atoms with Gasteiger partial charge in [-0.25, -0.2) is 0 Å². The average Bonchev–Trinajstić information content (AvgIpc) is 2.47. The van der Waals surface area contributed by atoms with Crippen molar-refractivity contribution in [3.05, 3.63) is 23.8 Å². The first-order valence-electron chi connectivity index (χ1n) is 7.16. The molecule has 2 N–H and O–H groups in total. The van der Waals surface area contributed by atoms with Crippen LogP contribution in [0.25, 0.3) is 0 Å². The minimum absolute atomic E-state index is 0.648. The SMILES string of the molecule is NCC1CCCN(Cc2ccc3c(c2)OCCO3)C1. The molecule has 4 heteroatoms. The summed E-state index contributed by atoms with van der Waals surface area (Å²) >= 11 is 0. The van der Waals surface area contributed by atoms with Gasteiger partial charge in [0.2, 0.25) is 0 Å². The summed E-state index contributed by atoms with van der Waals surface area (Å²) in [6.07, 6.45) is 2.53. The Kier molecular flexibility index (Phi) is 3.89. The quantitative estimate of drug-likeness (QED) is 0.899. The van der Waals surface area contributed by atoms with Gasteiger partial charge in [-0.3, -0.25) is 4.90 Å². The highest BCUT2D eigenvalue weighted by Gasteiger charge is 2.19. The third-order valence-electron chi connectivity index (χ3n) is 3.95. The Balaban J connectivity index is 1.66. The first-order valence-corrected chi connectivity index (χ1v) is 7.16. The highest BCUT2D eigenvalue weighted by molar-refractivity contribution is 5.43. The number of fused-ring (bicyclic) bond motifs is 1. The number of hydrogen-bond acceptors (Lipinski definition) is 4. The van der Waals surface area contributed by atoms with Gasteiger partial charge in [0.05, 0.1) is 0 Å². The van der Waals surface area contributed by atoms with Crippen LogP contribution < -0.4 is 15.2 Å². The predicted molar refractivity (Wildman–Crippen MR) is 74.5 cm³/mol. The lowest BCUT2D eigenvalue weighted by Gasteiger charge is -2.32. The fraction of sp³-hybridized carbons (Fsp3) is 0.600. The normalized spacial score (nSPS) is 23.3. The summed E-state index contributed by atoms with van der Waals surface area (Å²) in [6, 6.07) is 6.27. The molecule has 2 heterocycles. The summed E-state index contributed by atoms with van der Waals surface area (Å²) in [6.45, 7) is 5.37. The Morgan fingerprint density at radius 1 is 1.21 bits per heavy atom. The van der Waals surface area contributed by atoms with Crippen molar-refractivity contribution in [1.29, 1.82) is 0 Å². The maximum absolute atomic E-state index is 5.79. The van der Waals surface area contributed by atoms with Crippen LogP contribution in [0.1, 0.15) is 18.4 Å². The van der Waals surface area contributed by atoms with E-state index < -0.39 is 0 Å². The molecule has 3 rings (SSSR count). The first kappa shape index (κ1) is 12.8. The maximum atomic E-state index is 5.79. The number of nitrogens with zero attached hydrogens (tertiary/aromatic N) is 1. The number of nitrogens with two attached hydrogens (primary N) is 1. The Morgan fingerprint density at radius 3 is 2.89 bits per heavy atom. The van der Waals surface area contributed by atoms with E-state index in [0.29, 0.717) is 19.1 Å². The second kappa shape index (κ2) is 5.80. The van der Waals surface area contributed by atoms with Gasteiger partial charge in [0.15, 0.2) is 11.5 Å². The molecule has 104 valence electrons. The van der Waals surface area contributed by atoms with Crippen LogP contribution in [0.3, 0.4) is 0 Å². The average molecular weight is 262 g/mol. The molecule has 1 aromatic rings. The van der Waals surface area contributed by atoms with Crippen LogP contribution in [0.2, 0.25) is 0 Å². The molecule has 0 aliphatic carbocycles. The van der Waals surface area contributed by atoms with E-state index in [1.165, 1.54) is 24.9 Å². The molecule has 1 fully saturated rings. The van der Waals surface area contributed by atoms with Gasteiger partial charge in [-0.2, -0.15) is 0 Å². The molecule has 0 amide bonds. The van der Waals surface area contributed by atoms with Gasteiger partial charge in [-0.15, -0.1) is 0 Å². The maximum Gasteiger partial charge on any atom is 0.161 e. The van der Waals surface area contributed by atoms with Gasteiger partial charge in [0.25, 0.3) is 0 Å². The van der Waals surface area contributed by atoms with E-state index in [1.54, 1.807) is 0 Å². The van der Waals surface area contributed by atoms with Crippen LogP contribution in [0.4, 0.5) is 0 Å². The highest BCUT2D eigenvalue weighted by Crippen LogP contribution is 2.31. The molecule has 2 aliphatic rings. The Morgan fingerprint density at radius 2 is 2.05 bits per heavy atom. The Labute approximate surface area is 114 Å². The van der Waals surface area contributed by atoms with Crippen molar-refractivity contribution in [1.82, 2.24) is 4.90 Å². The molecule has 0 radical (unpaired) electrons. The van der Waals surface area contributed by atoms with E-state index >= 15 is 0 Å². The van der Waals surface area contributed by atoms with Gasteiger partial charge < -0.3 is 15.2 Å². The largest absolute Gasteiger partial charge is 0.486 e. The van der Waals surface area contributed by atoms with Crippen LogP contribution in [-0.2, 0) is 6.54 Å². The zero-order chi connectivity index (χ0) is 13.1. The monoisotopic (exact) mass is 262 g/mol. The summed E-state index contributed by atoms with van der Waals surface area (Å²) < 4.78 is 11.2. The Bertz CT molecular complexity index is 436. The molecule has 0 aromatic heterocycles. The van der Waals surface area contributed by atoms with E-state index in [4.69, 9.17) is 15.2 Å². The standard InChI is InChI=1S/C15H22N2O2/c16-9-13-2-1-5-17(11-13)10-12-3-4-14-15(8-12)19-7-6-18-14/h3-4,8,13H,1-2,5-7,9-11,16H2. The van der Waals surface area contributed by atoms with Gasteiger partial charge in [0.1, 0.15) is 13.2 Å². The highest BCUT2D eigenvalue weighted by atomic mass is 16.6. The van der Waals surface area contributed by atoms with Crippen molar-refractivity contribution in [3.8, 4) is 11.5 Å². The zero-order valence-electron chi connectivity index (χ0n) is 11.3. The van der Waals surface area contributed by atoms with E-state index in [2.05, 4.69) is 17.0 Å². The molecule has 4 nitrogen and oxygen atoms in total. The minimum Gasteiger partial charge on any atom is -0.486 e. The first-order chi connectivity index (χ1) is 9.35. The number of ether oxygens (including phenoxy) is 2. The third kappa shape index (κ3) is 3.01. The van der Waals surface area contributed by atoms with Gasteiger partial charge in [-0.1, -0.05) is 6.07 Å². The van der Waals surface area contributed by atoms with Crippen LogP contribution in [0, 0.1) is 5.92 Å². The molecule has 1 unspecified atom stereocenters. The molecule has 19 heavy (non-hydrogen) atoms. The zero-order valence-corrected chi connectivity index (χ0v) is 11.3. The van der Waals surface area contributed by atoms with Crippen molar-refractivity contribution in [3.63, 3.8) is 0 Å². The summed E-state index contributed by atoms with van der Waals surface area (Å²) in [5.74, 6) is 2.41. The minimum atomic E-state index is 0.648. The second-order valence-electron chi connectivity index (χ2n) is 5.46. The number of hydrogen-bond donors (Lipinski definition) is 1. The molecule has 1 atom stereocenters. The van der Waals surface area contributed by atoms with Crippen molar-refractivity contribution in [2.45, 2.75) is 19.4 Å². The molecular formula is C15H22N2O2. The fourth-order valence-electron chi connectivity index (χ4n) is 2.93. The van der Waals surface area contributed by atoms with Crippen LogP contribution in [-0.4, -0.2) is 37.7 Å². The van der Waals surface area contributed by atoms with Gasteiger partial charge in [-0.05, 0) is 49.5 Å². The number of likely N-dealkylation sites (tertiary alicyclic amines) is 1. The number of piperidine rings is 1. The smallest absolute Gasteiger partial charge is 0.161 e. The second-order valence-corrected chi connectivity index (χ2v) is 5.46. The van der Waals surface area contributed by atoms with Gasteiger partial charge >= 0.3 is 0 Å². The van der Waals surface area contributed by atoms with E-state index in [0.717, 1.165) is 31.1 Å². The summed E-state index contributed by atoms with van der Waals surface area (Å²) in [7, 11) is 0. The molecule has 0 saturated carbocycles. The lowest BCUT2D eigenvalue weighted by atomic mass is 9.98. The van der Waals surface area contributed by atoms with Gasteiger partial charge in [0, 0.05) is 13.1 Å². The van der Waals surface area contributed by atoms with Crippen molar-refractivity contribution in [2.24, 2.45) is 11.7 Å². The topological polar surface area (TPSA) is 47.7 Å². The van der Waals surface area contributed by atoms with E-state index in [1.807, 2.05) is 6.07 Å². The van der Waals surface area contributed by atoms with E-state index in [9.17, 15) is 0 Å². The lowest BCUT2D eigenvalue weighted by molar-refractivity contribution is 0.165. The van der Waals surface area contributed by atoms with E-state index in [-0.39, 0.29) is 0 Å². The van der Waals surface area contributed by atoms with Crippen molar-refractivity contribution in [2.75, 3.05) is 32.8 Å². The number of benzene rings is 1. The molecule has 2 aliphatic heterocycles. The van der Waals surface area contributed by atoms with Crippen LogP contribution in [0.15, 0.2) is 18.2 Å². The van der Waals surface area contributed by atoms with Crippen molar-refractivity contribution < 1.29 is 9.47 Å². The van der Waals surface area contributed by atoms with Crippen molar-refractivity contribution >= 4 is 0 Å². The molecule has 0 bridgehead atoms. The summed E-state index contributed by atoms with van der Waals surface area (Å²) in [5.41, 5.74) is 7.08. The fourth-order valence-corrected chi connectivity index (χ4v) is 2.93. The predicted octanol–water partition coefficient (Wildman–Crippen LogP) is 1.63. The summed E-state index contributed by atoms with van der Waals surface area (Å²) in [4.78, 5) is 2.49. The summed E-state index contributed by atoms with van der Waals surface area (Å²) in [5, 5.41) is 0. The Hall–Kier alpha value is -1.26. The van der Waals surface area contributed by atoms with Crippen LogP contribution >= 0.6 is 0 Å². The van der Waals surface area contributed by atoms with Crippen LogP contribution in [0.5, 0.6) is 11.5 Å². The molecule has 1 aromatic carbocycles. The number of rotatable bonds is 3.